The van der Waals surface area contributed by atoms with Crippen LogP contribution in [0.15, 0.2) is 47.0 Å². The average molecular weight is 440 g/mol. The van der Waals surface area contributed by atoms with Gasteiger partial charge in [-0.3, -0.25) is 9.69 Å². The van der Waals surface area contributed by atoms with Crippen molar-refractivity contribution in [1.29, 1.82) is 0 Å². The predicted molar refractivity (Wildman–Crippen MR) is 116 cm³/mol. The van der Waals surface area contributed by atoms with E-state index in [1.165, 1.54) is 12.1 Å². The first-order valence-electron chi connectivity index (χ1n) is 10.4. The van der Waals surface area contributed by atoms with Crippen LogP contribution in [0.1, 0.15) is 18.7 Å². The summed E-state index contributed by atoms with van der Waals surface area (Å²) in [5, 5.41) is 6.94. The summed E-state index contributed by atoms with van der Waals surface area (Å²) >= 11 is 0. The Balaban J connectivity index is 1.38. The molecule has 2 aromatic carbocycles. The number of nitrogens with zero attached hydrogens (tertiary/aromatic N) is 3. The molecule has 32 heavy (non-hydrogen) atoms. The predicted octanol–water partition coefficient (Wildman–Crippen LogP) is 3.74. The van der Waals surface area contributed by atoms with Crippen molar-refractivity contribution in [2.75, 3.05) is 32.6 Å². The number of rotatable bonds is 7. The van der Waals surface area contributed by atoms with Gasteiger partial charge in [0.05, 0.1) is 26.7 Å². The number of ether oxygens (including phenoxy) is 2. The van der Waals surface area contributed by atoms with Gasteiger partial charge in [-0.2, -0.15) is 4.98 Å². The minimum Gasteiger partial charge on any atom is -0.493 e. The van der Waals surface area contributed by atoms with Crippen molar-refractivity contribution in [3.05, 3.63) is 54.2 Å². The Morgan fingerprint density at radius 2 is 1.97 bits per heavy atom. The summed E-state index contributed by atoms with van der Waals surface area (Å²) in [5.74, 6) is 1.58. The van der Waals surface area contributed by atoms with Crippen LogP contribution < -0.4 is 14.8 Å². The summed E-state index contributed by atoms with van der Waals surface area (Å²) in [4.78, 5) is 19.3. The van der Waals surface area contributed by atoms with Gasteiger partial charge < -0.3 is 19.3 Å². The van der Waals surface area contributed by atoms with Crippen molar-refractivity contribution < 1.29 is 23.2 Å². The fourth-order valence-electron chi connectivity index (χ4n) is 3.79. The number of likely N-dealkylation sites (tertiary alicyclic amines) is 1. The lowest BCUT2D eigenvalue weighted by Crippen LogP contribution is -2.40. The number of amides is 1. The van der Waals surface area contributed by atoms with Crippen LogP contribution in [0.25, 0.3) is 11.4 Å². The van der Waals surface area contributed by atoms with Crippen LogP contribution in [0, 0.1) is 11.7 Å². The largest absolute Gasteiger partial charge is 0.493 e. The lowest BCUT2D eigenvalue weighted by atomic mass is 9.97. The number of hydrogen-bond donors (Lipinski definition) is 1. The highest BCUT2D eigenvalue weighted by atomic mass is 19.1. The standard InChI is InChI=1S/C23H25FN4O4/c1-30-19-10-5-15(12-20(19)31-2)22-26-21(32-27-22)14-28-11-3-4-16(13-28)23(29)25-18-8-6-17(24)7-9-18/h5-10,12,16H,3-4,11,13-14H2,1-2H3,(H,25,29)/t16-/m1/s1. The summed E-state index contributed by atoms with van der Waals surface area (Å²) in [6.07, 6.45) is 1.68. The third kappa shape index (κ3) is 5.05. The zero-order chi connectivity index (χ0) is 22.5. The van der Waals surface area contributed by atoms with Gasteiger partial charge in [0.2, 0.25) is 17.6 Å². The van der Waals surface area contributed by atoms with Gasteiger partial charge in [0.1, 0.15) is 5.82 Å². The number of anilines is 1. The van der Waals surface area contributed by atoms with Crippen molar-refractivity contribution in [3.8, 4) is 22.9 Å². The van der Waals surface area contributed by atoms with Gasteiger partial charge in [0.25, 0.3) is 0 Å². The van der Waals surface area contributed by atoms with Crippen LogP contribution in [-0.2, 0) is 11.3 Å². The Bertz CT molecular complexity index is 1070. The molecule has 0 spiro atoms. The molecule has 1 aliphatic rings. The number of nitrogens with one attached hydrogen (secondary N) is 1. The van der Waals surface area contributed by atoms with Gasteiger partial charge in [-0.25, -0.2) is 4.39 Å². The van der Waals surface area contributed by atoms with Crippen LogP contribution in [0.4, 0.5) is 10.1 Å². The Morgan fingerprint density at radius 3 is 2.72 bits per heavy atom. The molecular weight excluding hydrogens is 415 g/mol. The number of piperidine rings is 1. The van der Waals surface area contributed by atoms with Crippen LogP contribution in [0.2, 0.25) is 0 Å². The Morgan fingerprint density at radius 1 is 1.19 bits per heavy atom. The molecule has 9 heteroatoms. The summed E-state index contributed by atoms with van der Waals surface area (Å²) in [7, 11) is 3.15. The number of methoxy groups -OCH3 is 2. The second-order valence-electron chi connectivity index (χ2n) is 7.65. The van der Waals surface area contributed by atoms with E-state index in [0.29, 0.717) is 42.0 Å². The highest BCUT2D eigenvalue weighted by molar-refractivity contribution is 5.92. The lowest BCUT2D eigenvalue weighted by molar-refractivity contribution is -0.121. The highest BCUT2D eigenvalue weighted by Gasteiger charge is 2.27. The zero-order valence-corrected chi connectivity index (χ0v) is 18.0. The topological polar surface area (TPSA) is 89.7 Å². The number of carbonyl (C=O) groups is 1. The monoisotopic (exact) mass is 440 g/mol. The third-order valence-corrected chi connectivity index (χ3v) is 5.46. The smallest absolute Gasteiger partial charge is 0.241 e. The average Bonchev–Trinajstić information content (AvgIpc) is 3.28. The Labute approximate surface area is 185 Å². The van der Waals surface area contributed by atoms with Crippen LogP contribution in [0.5, 0.6) is 11.5 Å². The van der Waals surface area contributed by atoms with E-state index < -0.39 is 0 Å². The normalized spacial score (nSPS) is 16.5. The molecule has 168 valence electrons. The number of aromatic nitrogens is 2. The van der Waals surface area contributed by atoms with Gasteiger partial charge in [-0.05, 0) is 61.9 Å². The van der Waals surface area contributed by atoms with E-state index in [2.05, 4.69) is 20.4 Å². The van der Waals surface area contributed by atoms with Crippen LogP contribution >= 0.6 is 0 Å². The van der Waals surface area contributed by atoms with E-state index in [4.69, 9.17) is 14.0 Å². The second kappa shape index (κ2) is 9.78. The minimum atomic E-state index is -0.334. The molecule has 1 saturated heterocycles. The number of carbonyl (C=O) groups excluding carboxylic acids is 1. The summed E-state index contributed by atoms with van der Waals surface area (Å²) in [5.41, 5.74) is 1.35. The number of hydrogen-bond acceptors (Lipinski definition) is 7. The Kier molecular flexibility index (Phi) is 6.65. The van der Waals surface area contributed by atoms with Gasteiger partial charge in [-0.1, -0.05) is 5.16 Å². The molecule has 1 fully saturated rings. The number of halogens is 1. The van der Waals surface area contributed by atoms with Crippen molar-refractivity contribution >= 4 is 11.6 Å². The molecule has 1 aromatic heterocycles. The molecule has 0 saturated carbocycles. The molecule has 1 amide bonds. The lowest BCUT2D eigenvalue weighted by Gasteiger charge is -2.30. The number of benzene rings is 2. The molecule has 0 unspecified atom stereocenters. The minimum absolute atomic E-state index is 0.0714. The van der Waals surface area contributed by atoms with E-state index in [9.17, 15) is 9.18 Å². The molecule has 1 aliphatic heterocycles. The maximum Gasteiger partial charge on any atom is 0.241 e. The SMILES string of the molecule is COc1ccc(-c2noc(CN3CCC[C@@H](C(=O)Nc4ccc(F)cc4)C3)n2)cc1OC. The van der Waals surface area contributed by atoms with Gasteiger partial charge in [0, 0.05) is 17.8 Å². The van der Waals surface area contributed by atoms with E-state index in [0.717, 1.165) is 24.9 Å². The maximum absolute atomic E-state index is 13.1. The quantitative estimate of drug-likeness (QED) is 0.599. The first-order chi connectivity index (χ1) is 15.6. The van der Waals surface area contributed by atoms with Crippen molar-refractivity contribution in [2.45, 2.75) is 19.4 Å². The molecule has 8 nitrogen and oxygen atoms in total. The molecule has 4 rings (SSSR count). The van der Waals surface area contributed by atoms with Crippen molar-refractivity contribution in [1.82, 2.24) is 15.0 Å². The molecule has 0 aliphatic carbocycles. The van der Waals surface area contributed by atoms with Gasteiger partial charge in [0.15, 0.2) is 11.5 Å². The zero-order valence-electron chi connectivity index (χ0n) is 18.0. The van der Waals surface area contributed by atoms with Crippen LogP contribution in [0.3, 0.4) is 0 Å². The third-order valence-electron chi connectivity index (χ3n) is 5.46. The van der Waals surface area contributed by atoms with Crippen LogP contribution in [-0.4, -0.2) is 48.3 Å². The molecule has 0 bridgehead atoms. The fraction of sp³-hybridized carbons (Fsp3) is 0.348. The first kappa shape index (κ1) is 21.8. The highest BCUT2D eigenvalue weighted by Crippen LogP contribution is 2.31. The second-order valence-corrected chi connectivity index (χ2v) is 7.65. The first-order valence-corrected chi connectivity index (χ1v) is 10.4. The Hall–Kier alpha value is -3.46. The van der Waals surface area contributed by atoms with Crippen molar-refractivity contribution in [2.24, 2.45) is 5.92 Å². The summed E-state index contributed by atoms with van der Waals surface area (Å²) < 4.78 is 29.1. The van der Waals surface area contributed by atoms with E-state index in [1.54, 1.807) is 38.5 Å². The van der Waals surface area contributed by atoms with Crippen molar-refractivity contribution in [3.63, 3.8) is 0 Å². The van der Waals surface area contributed by atoms with Gasteiger partial charge in [-0.15, -0.1) is 0 Å². The van der Waals surface area contributed by atoms with E-state index in [-0.39, 0.29) is 17.6 Å². The van der Waals surface area contributed by atoms with E-state index in [1.807, 2.05) is 6.07 Å². The molecule has 2 heterocycles. The van der Waals surface area contributed by atoms with E-state index >= 15 is 0 Å². The van der Waals surface area contributed by atoms with Gasteiger partial charge >= 0.3 is 0 Å². The molecule has 0 radical (unpaired) electrons. The maximum atomic E-state index is 13.1. The molecular formula is C23H25FN4O4. The summed E-state index contributed by atoms with van der Waals surface area (Å²) in [6.45, 7) is 1.89. The molecule has 1 atom stereocenters. The molecule has 3 aromatic rings. The molecule has 1 N–H and O–H groups in total. The fourth-order valence-corrected chi connectivity index (χ4v) is 3.79. The summed E-state index contributed by atoms with van der Waals surface area (Å²) in [6, 6.07) is 11.2.